The number of nitrogen functional groups attached to an aromatic ring is 1. The Hall–Kier alpha value is -1.69. The number of rotatable bonds is 5. The van der Waals surface area contributed by atoms with E-state index in [1.54, 1.807) is 0 Å². The van der Waals surface area contributed by atoms with Gasteiger partial charge < -0.3 is 15.8 Å². The molecule has 0 spiro atoms. The van der Waals surface area contributed by atoms with Crippen LogP contribution in [0.5, 0.6) is 0 Å². The number of carbonyl (C=O) groups is 1. The number of aromatic nitrogens is 1. The molecule has 3 N–H and O–H groups in total. The Kier molecular flexibility index (Phi) is 4.61. The highest BCUT2D eigenvalue weighted by Crippen LogP contribution is 2.12. The van der Waals surface area contributed by atoms with Crippen LogP contribution in [0.4, 0.5) is 10.2 Å². The monoisotopic (exact) mass is 255 g/mol. The van der Waals surface area contributed by atoms with Gasteiger partial charge in [0.1, 0.15) is 0 Å². The van der Waals surface area contributed by atoms with Crippen molar-refractivity contribution >= 4 is 11.7 Å². The fourth-order valence-corrected chi connectivity index (χ4v) is 1.47. The fraction of sp³-hybridized carbons (Fsp3) is 0.500. The highest BCUT2D eigenvalue weighted by atomic mass is 19.1. The predicted octanol–water partition coefficient (Wildman–Crippen LogP) is 1.35. The van der Waals surface area contributed by atoms with E-state index in [1.807, 2.05) is 20.8 Å². The van der Waals surface area contributed by atoms with E-state index in [-0.39, 0.29) is 17.9 Å². The first kappa shape index (κ1) is 14.4. The van der Waals surface area contributed by atoms with Crippen LogP contribution >= 0.6 is 0 Å². The van der Waals surface area contributed by atoms with Gasteiger partial charge in [0, 0.05) is 19.3 Å². The minimum Gasteiger partial charge on any atom is -0.381 e. The number of anilines is 1. The summed E-state index contributed by atoms with van der Waals surface area (Å²) in [6.07, 6.45) is 1.29. The van der Waals surface area contributed by atoms with Crippen molar-refractivity contribution in [1.29, 1.82) is 0 Å². The lowest BCUT2D eigenvalue weighted by molar-refractivity contribution is -0.00818. The van der Waals surface area contributed by atoms with Crippen LogP contribution in [0.15, 0.2) is 12.3 Å². The minimum atomic E-state index is -0.802. The summed E-state index contributed by atoms with van der Waals surface area (Å²) in [6.45, 7) is 6.37. The molecule has 6 heteroatoms. The van der Waals surface area contributed by atoms with E-state index in [1.165, 1.54) is 12.3 Å². The van der Waals surface area contributed by atoms with Gasteiger partial charge in [-0.3, -0.25) is 4.79 Å². The van der Waals surface area contributed by atoms with Crippen molar-refractivity contribution in [1.82, 2.24) is 10.3 Å². The summed E-state index contributed by atoms with van der Waals surface area (Å²) in [6, 6.07) is 1.29. The van der Waals surface area contributed by atoms with Crippen LogP contribution in [-0.4, -0.2) is 29.6 Å². The Morgan fingerprint density at radius 3 is 2.89 bits per heavy atom. The first-order valence-corrected chi connectivity index (χ1v) is 5.69. The summed E-state index contributed by atoms with van der Waals surface area (Å²) in [5, 5.41) is 2.60. The van der Waals surface area contributed by atoms with Gasteiger partial charge in [-0.2, -0.15) is 0 Å². The van der Waals surface area contributed by atoms with Crippen molar-refractivity contribution in [3.63, 3.8) is 0 Å². The van der Waals surface area contributed by atoms with Crippen LogP contribution in [0, 0.1) is 5.82 Å². The van der Waals surface area contributed by atoms with Gasteiger partial charge >= 0.3 is 0 Å². The summed E-state index contributed by atoms with van der Waals surface area (Å²) in [7, 11) is 0. The number of nitrogens with two attached hydrogens (primary N) is 1. The summed E-state index contributed by atoms with van der Waals surface area (Å²) in [5.74, 6) is -1.62. The Morgan fingerprint density at radius 2 is 2.28 bits per heavy atom. The highest BCUT2D eigenvalue weighted by Gasteiger charge is 2.21. The second-order valence-corrected chi connectivity index (χ2v) is 4.43. The number of hydrogen-bond acceptors (Lipinski definition) is 4. The normalized spacial score (nSPS) is 11.3. The third-order valence-electron chi connectivity index (χ3n) is 2.37. The molecule has 0 unspecified atom stereocenters. The Morgan fingerprint density at radius 1 is 1.61 bits per heavy atom. The molecule has 0 aromatic carbocycles. The van der Waals surface area contributed by atoms with Crippen molar-refractivity contribution in [2.75, 3.05) is 18.9 Å². The molecular weight excluding hydrogens is 237 g/mol. The number of carbonyl (C=O) groups excluding carboxylic acids is 1. The summed E-state index contributed by atoms with van der Waals surface area (Å²) in [4.78, 5) is 15.3. The predicted molar refractivity (Wildman–Crippen MR) is 66.6 cm³/mol. The number of nitrogens with one attached hydrogen (secondary N) is 1. The summed E-state index contributed by atoms with van der Waals surface area (Å²) in [5.41, 5.74) is 4.68. The van der Waals surface area contributed by atoms with E-state index >= 15 is 0 Å². The highest BCUT2D eigenvalue weighted by molar-refractivity contribution is 5.95. The first-order chi connectivity index (χ1) is 8.37. The molecule has 18 heavy (non-hydrogen) atoms. The number of pyridine rings is 1. The molecule has 0 radical (unpaired) electrons. The number of nitrogens with zero attached hydrogens (tertiary/aromatic N) is 1. The summed E-state index contributed by atoms with van der Waals surface area (Å²) < 4.78 is 19.0. The molecule has 0 fully saturated rings. The smallest absolute Gasteiger partial charge is 0.254 e. The van der Waals surface area contributed by atoms with Gasteiger partial charge in [0.15, 0.2) is 11.6 Å². The zero-order valence-corrected chi connectivity index (χ0v) is 10.8. The Balaban J connectivity index is 2.69. The van der Waals surface area contributed by atoms with Gasteiger partial charge in [0.05, 0.1) is 11.2 Å². The van der Waals surface area contributed by atoms with Crippen LogP contribution in [0.3, 0.4) is 0 Å². The van der Waals surface area contributed by atoms with Gasteiger partial charge in [0.2, 0.25) is 0 Å². The van der Waals surface area contributed by atoms with Gasteiger partial charge in [-0.05, 0) is 26.8 Å². The van der Waals surface area contributed by atoms with Crippen LogP contribution in [0.25, 0.3) is 0 Å². The lowest BCUT2D eigenvalue weighted by Crippen LogP contribution is -2.40. The van der Waals surface area contributed by atoms with Crippen molar-refractivity contribution in [3.8, 4) is 0 Å². The van der Waals surface area contributed by atoms with Gasteiger partial charge in [0.25, 0.3) is 5.91 Å². The molecule has 0 aliphatic heterocycles. The summed E-state index contributed by atoms with van der Waals surface area (Å²) >= 11 is 0. The third kappa shape index (κ3) is 3.66. The number of amides is 1. The van der Waals surface area contributed by atoms with Gasteiger partial charge in [-0.25, -0.2) is 9.37 Å². The standard InChI is InChI=1S/C12H18FN3O2/c1-4-18-12(2,3)7-16-11(17)8-5-6-15-10(14)9(8)13/h5-6H,4,7H2,1-3H3,(H2,14,15)(H,16,17). The van der Waals surface area contributed by atoms with E-state index in [9.17, 15) is 9.18 Å². The largest absolute Gasteiger partial charge is 0.381 e. The van der Waals surface area contributed by atoms with Crippen LogP contribution in [0.2, 0.25) is 0 Å². The second kappa shape index (κ2) is 5.77. The van der Waals surface area contributed by atoms with Crippen LogP contribution < -0.4 is 11.1 Å². The molecule has 1 rings (SSSR count). The molecule has 0 aliphatic carbocycles. The molecule has 0 saturated heterocycles. The molecule has 0 aliphatic rings. The van der Waals surface area contributed by atoms with Crippen molar-refractivity contribution < 1.29 is 13.9 Å². The number of halogens is 1. The average molecular weight is 255 g/mol. The molecule has 1 amide bonds. The number of hydrogen-bond donors (Lipinski definition) is 2. The van der Waals surface area contributed by atoms with Crippen LogP contribution in [0.1, 0.15) is 31.1 Å². The molecule has 0 bridgehead atoms. The molecule has 0 atom stereocenters. The van der Waals surface area contributed by atoms with E-state index in [0.29, 0.717) is 6.61 Å². The SMILES string of the molecule is CCOC(C)(C)CNC(=O)c1ccnc(N)c1F. The first-order valence-electron chi connectivity index (χ1n) is 5.69. The quantitative estimate of drug-likeness (QED) is 0.832. The molecule has 1 aromatic rings. The molecule has 0 saturated carbocycles. The maximum Gasteiger partial charge on any atom is 0.254 e. The molecule has 1 heterocycles. The van der Waals surface area contributed by atoms with E-state index in [2.05, 4.69) is 10.3 Å². The molecule has 100 valence electrons. The van der Waals surface area contributed by atoms with E-state index in [4.69, 9.17) is 10.5 Å². The maximum atomic E-state index is 13.5. The Bertz CT molecular complexity index is 435. The van der Waals surface area contributed by atoms with Crippen molar-refractivity contribution in [2.24, 2.45) is 0 Å². The molecular formula is C12H18FN3O2. The van der Waals surface area contributed by atoms with Gasteiger partial charge in [-0.1, -0.05) is 0 Å². The van der Waals surface area contributed by atoms with Crippen LogP contribution in [-0.2, 0) is 4.74 Å². The maximum absolute atomic E-state index is 13.5. The van der Waals surface area contributed by atoms with E-state index in [0.717, 1.165) is 0 Å². The minimum absolute atomic E-state index is 0.116. The molecule has 1 aromatic heterocycles. The van der Waals surface area contributed by atoms with E-state index < -0.39 is 17.3 Å². The van der Waals surface area contributed by atoms with Crippen molar-refractivity contribution in [2.45, 2.75) is 26.4 Å². The van der Waals surface area contributed by atoms with Crippen molar-refractivity contribution in [3.05, 3.63) is 23.6 Å². The lowest BCUT2D eigenvalue weighted by atomic mass is 10.1. The lowest BCUT2D eigenvalue weighted by Gasteiger charge is -2.24. The average Bonchev–Trinajstić information content (AvgIpc) is 2.30. The zero-order chi connectivity index (χ0) is 13.8. The zero-order valence-electron chi connectivity index (χ0n) is 10.8. The molecule has 5 nitrogen and oxygen atoms in total. The fourth-order valence-electron chi connectivity index (χ4n) is 1.47. The third-order valence-corrected chi connectivity index (χ3v) is 2.37. The number of ether oxygens (including phenoxy) is 1. The second-order valence-electron chi connectivity index (χ2n) is 4.43. The topological polar surface area (TPSA) is 77.2 Å². The van der Waals surface area contributed by atoms with Gasteiger partial charge in [-0.15, -0.1) is 0 Å². The Labute approximate surface area is 106 Å².